The number of hydrogen-bond donors (Lipinski definition) is 1. The Hall–Kier alpha value is -2.29. The minimum Gasteiger partial charge on any atom is -0.384 e. The summed E-state index contributed by atoms with van der Waals surface area (Å²) in [4.78, 5) is 14.5. The van der Waals surface area contributed by atoms with Gasteiger partial charge in [-0.05, 0) is 49.4 Å². The number of anilines is 1. The summed E-state index contributed by atoms with van der Waals surface area (Å²) in [6.07, 6.45) is 1.50. The Morgan fingerprint density at radius 2 is 1.75 bits per heavy atom. The lowest BCUT2D eigenvalue weighted by atomic mass is 10.00. The number of carbonyl (C=O) groups is 1. The topological polar surface area (TPSA) is 32.3 Å². The van der Waals surface area contributed by atoms with Gasteiger partial charge in [0.15, 0.2) is 0 Å². The molecule has 0 aliphatic carbocycles. The summed E-state index contributed by atoms with van der Waals surface area (Å²) in [5.74, 6) is 0.236. The van der Waals surface area contributed by atoms with Gasteiger partial charge in [-0.15, -0.1) is 0 Å². The number of hydrogen-bond acceptors (Lipinski definition) is 2. The molecular weight excluding hydrogens is 296 g/mol. The predicted molar refractivity (Wildman–Crippen MR) is 99.3 cm³/mol. The molecule has 0 unspecified atom stereocenters. The molecule has 2 aromatic rings. The van der Waals surface area contributed by atoms with Crippen LogP contribution in [-0.2, 0) is 17.8 Å². The first-order valence-electron chi connectivity index (χ1n) is 8.71. The second-order valence-electron chi connectivity index (χ2n) is 6.78. The Morgan fingerprint density at radius 3 is 2.46 bits per heavy atom. The number of benzene rings is 2. The zero-order valence-corrected chi connectivity index (χ0v) is 14.9. The fraction of sp³-hybridized carbons (Fsp3) is 0.381. The first-order chi connectivity index (χ1) is 11.5. The van der Waals surface area contributed by atoms with Gasteiger partial charge in [0.1, 0.15) is 0 Å². The largest absolute Gasteiger partial charge is 0.384 e. The minimum absolute atomic E-state index is 0.236. The molecule has 0 bridgehead atoms. The van der Waals surface area contributed by atoms with Crippen molar-refractivity contribution in [2.24, 2.45) is 0 Å². The smallest absolute Gasteiger partial charge is 0.224 e. The third kappa shape index (κ3) is 3.61. The van der Waals surface area contributed by atoms with Crippen molar-refractivity contribution in [2.45, 2.75) is 40.2 Å². The molecular formula is C21H26N2O. The Kier molecular flexibility index (Phi) is 4.89. The molecule has 0 saturated carbocycles. The number of aryl methyl sites for hydroxylation is 3. The quantitative estimate of drug-likeness (QED) is 0.923. The highest BCUT2D eigenvalue weighted by molar-refractivity contribution is 5.77. The Balaban J connectivity index is 1.55. The Morgan fingerprint density at radius 1 is 1.08 bits per heavy atom. The van der Waals surface area contributed by atoms with Gasteiger partial charge in [0.2, 0.25) is 5.91 Å². The molecule has 0 aromatic heterocycles. The molecule has 0 spiro atoms. The van der Waals surface area contributed by atoms with Crippen LogP contribution in [0.4, 0.5) is 5.69 Å². The van der Waals surface area contributed by atoms with E-state index in [1.165, 1.54) is 27.8 Å². The third-order valence-electron chi connectivity index (χ3n) is 4.80. The van der Waals surface area contributed by atoms with E-state index in [9.17, 15) is 4.79 Å². The van der Waals surface area contributed by atoms with E-state index in [0.29, 0.717) is 13.0 Å². The molecule has 3 rings (SSSR count). The summed E-state index contributed by atoms with van der Waals surface area (Å²) in [6, 6.07) is 12.8. The maximum absolute atomic E-state index is 12.5. The molecule has 3 nitrogen and oxygen atoms in total. The van der Waals surface area contributed by atoms with Crippen LogP contribution < -0.4 is 5.32 Å². The SMILES string of the molecule is Cc1cc(C)c(NCCC(=O)N2CCc3ccccc3C2)c(C)c1. The molecule has 126 valence electrons. The number of nitrogens with zero attached hydrogens (tertiary/aromatic N) is 1. The lowest BCUT2D eigenvalue weighted by molar-refractivity contribution is -0.131. The second-order valence-corrected chi connectivity index (χ2v) is 6.78. The molecule has 1 N–H and O–H groups in total. The van der Waals surface area contributed by atoms with Crippen molar-refractivity contribution in [1.29, 1.82) is 0 Å². The van der Waals surface area contributed by atoms with Crippen LogP contribution in [0.1, 0.15) is 34.2 Å². The van der Waals surface area contributed by atoms with Gasteiger partial charge in [0, 0.05) is 31.7 Å². The van der Waals surface area contributed by atoms with Crippen molar-refractivity contribution >= 4 is 11.6 Å². The lowest BCUT2D eigenvalue weighted by Crippen LogP contribution is -2.36. The van der Waals surface area contributed by atoms with Crippen molar-refractivity contribution in [2.75, 3.05) is 18.4 Å². The maximum atomic E-state index is 12.5. The normalized spacial score (nSPS) is 13.5. The minimum atomic E-state index is 0.236. The summed E-state index contributed by atoms with van der Waals surface area (Å²) in [6.45, 7) is 8.61. The second kappa shape index (κ2) is 7.08. The third-order valence-corrected chi connectivity index (χ3v) is 4.80. The summed E-state index contributed by atoms with van der Waals surface area (Å²) in [5.41, 5.74) is 7.59. The van der Waals surface area contributed by atoms with E-state index >= 15 is 0 Å². The van der Waals surface area contributed by atoms with Crippen LogP contribution >= 0.6 is 0 Å². The van der Waals surface area contributed by atoms with Gasteiger partial charge < -0.3 is 10.2 Å². The average Bonchev–Trinajstić information content (AvgIpc) is 2.56. The van der Waals surface area contributed by atoms with Crippen LogP contribution in [-0.4, -0.2) is 23.9 Å². The van der Waals surface area contributed by atoms with E-state index in [-0.39, 0.29) is 5.91 Å². The van der Waals surface area contributed by atoms with Gasteiger partial charge in [-0.1, -0.05) is 42.0 Å². The molecule has 0 radical (unpaired) electrons. The number of carbonyl (C=O) groups excluding carboxylic acids is 1. The molecule has 0 atom stereocenters. The highest BCUT2D eigenvalue weighted by Gasteiger charge is 2.19. The molecule has 0 fully saturated rings. The van der Waals surface area contributed by atoms with E-state index in [2.05, 4.69) is 62.5 Å². The molecule has 1 aliphatic rings. The highest BCUT2D eigenvalue weighted by atomic mass is 16.2. The fourth-order valence-corrected chi connectivity index (χ4v) is 3.62. The molecule has 1 aliphatic heterocycles. The first-order valence-corrected chi connectivity index (χ1v) is 8.71. The monoisotopic (exact) mass is 322 g/mol. The summed E-state index contributed by atoms with van der Waals surface area (Å²) >= 11 is 0. The van der Waals surface area contributed by atoms with E-state index in [4.69, 9.17) is 0 Å². The molecule has 24 heavy (non-hydrogen) atoms. The average molecular weight is 322 g/mol. The van der Waals surface area contributed by atoms with Crippen LogP contribution in [0.3, 0.4) is 0 Å². The first kappa shape index (κ1) is 16.6. The molecule has 2 aromatic carbocycles. The Bertz CT molecular complexity index is 728. The Labute approximate surface area is 144 Å². The van der Waals surface area contributed by atoms with Crippen LogP contribution in [0.2, 0.25) is 0 Å². The van der Waals surface area contributed by atoms with Gasteiger partial charge in [-0.25, -0.2) is 0 Å². The standard InChI is InChI=1S/C21H26N2O/c1-15-12-16(2)21(17(3)13-15)22-10-8-20(24)23-11-9-18-6-4-5-7-19(18)14-23/h4-7,12-13,22H,8-11,14H2,1-3H3. The maximum Gasteiger partial charge on any atom is 0.224 e. The van der Waals surface area contributed by atoms with Gasteiger partial charge >= 0.3 is 0 Å². The van der Waals surface area contributed by atoms with E-state index in [0.717, 1.165) is 25.2 Å². The van der Waals surface area contributed by atoms with Gasteiger partial charge in [0.25, 0.3) is 0 Å². The van der Waals surface area contributed by atoms with Crippen molar-refractivity contribution < 1.29 is 4.79 Å². The summed E-state index contributed by atoms with van der Waals surface area (Å²) in [5, 5.41) is 3.45. The van der Waals surface area contributed by atoms with Gasteiger partial charge in [-0.2, -0.15) is 0 Å². The zero-order chi connectivity index (χ0) is 17.1. The van der Waals surface area contributed by atoms with E-state index in [1.807, 2.05) is 4.90 Å². The van der Waals surface area contributed by atoms with Crippen LogP contribution in [0.25, 0.3) is 0 Å². The highest BCUT2D eigenvalue weighted by Crippen LogP contribution is 2.22. The number of nitrogens with one attached hydrogen (secondary N) is 1. The molecule has 0 saturated heterocycles. The number of rotatable bonds is 4. The van der Waals surface area contributed by atoms with Crippen molar-refractivity contribution in [3.05, 3.63) is 64.2 Å². The van der Waals surface area contributed by atoms with Crippen LogP contribution in [0.5, 0.6) is 0 Å². The molecule has 1 amide bonds. The predicted octanol–water partition coefficient (Wildman–Crippen LogP) is 4.00. The number of amides is 1. The number of fused-ring (bicyclic) bond motifs is 1. The van der Waals surface area contributed by atoms with E-state index in [1.54, 1.807) is 0 Å². The lowest BCUT2D eigenvalue weighted by Gasteiger charge is -2.29. The zero-order valence-electron chi connectivity index (χ0n) is 14.9. The fourth-order valence-electron chi connectivity index (χ4n) is 3.62. The van der Waals surface area contributed by atoms with Crippen LogP contribution in [0.15, 0.2) is 36.4 Å². The van der Waals surface area contributed by atoms with Crippen molar-refractivity contribution in [3.8, 4) is 0 Å². The van der Waals surface area contributed by atoms with E-state index < -0.39 is 0 Å². The van der Waals surface area contributed by atoms with Crippen molar-refractivity contribution in [3.63, 3.8) is 0 Å². The molecule has 3 heteroatoms. The molecule has 1 heterocycles. The summed E-state index contributed by atoms with van der Waals surface area (Å²) < 4.78 is 0. The van der Waals surface area contributed by atoms with Gasteiger partial charge in [0.05, 0.1) is 0 Å². The van der Waals surface area contributed by atoms with Crippen molar-refractivity contribution in [1.82, 2.24) is 4.90 Å². The summed E-state index contributed by atoms with van der Waals surface area (Å²) in [7, 11) is 0. The van der Waals surface area contributed by atoms with Gasteiger partial charge in [-0.3, -0.25) is 4.79 Å². The van der Waals surface area contributed by atoms with Crippen LogP contribution in [0, 0.1) is 20.8 Å².